The minimum atomic E-state index is -3.71. The molecule has 3 heterocycles. The fourth-order valence-electron chi connectivity index (χ4n) is 3.55. The van der Waals surface area contributed by atoms with E-state index >= 15 is 0 Å². The molecule has 1 aliphatic heterocycles. The summed E-state index contributed by atoms with van der Waals surface area (Å²) in [6, 6.07) is 8.32. The summed E-state index contributed by atoms with van der Waals surface area (Å²) in [5.41, 5.74) is 1.27. The molecular weight excluding hydrogens is 382 g/mol. The molecule has 2 aromatic heterocycles. The number of nitriles is 1. The first-order valence-corrected chi connectivity index (χ1v) is 10.0. The van der Waals surface area contributed by atoms with Gasteiger partial charge in [-0.1, -0.05) is 0 Å². The van der Waals surface area contributed by atoms with E-state index in [0.29, 0.717) is 34.5 Å². The molecule has 0 saturated carbocycles. The lowest BCUT2D eigenvalue weighted by Gasteiger charge is -2.20. The number of hydrogen-bond donors (Lipinski definition) is 1. The lowest BCUT2D eigenvalue weighted by molar-refractivity contribution is 0.411. The SMILES string of the molecule is COc1ccc(S(=O)(=O)N2CCc3c(C#N)c4nc[nH]c(=O)c4n3CC2)cc1. The summed E-state index contributed by atoms with van der Waals surface area (Å²) in [7, 11) is -2.19. The van der Waals surface area contributed by atoms with Crippen molar-refractivity contribution in [2.45, 2.75) is 17.9 Å². The summed E-state index contributed by atoms with van der Waals surface area (Å²) >= 11 is 0. The molecule has 28 heavy (non-hydrogen) atoms. The van der Waals surface area contributed by atoms with Gasteiger partial charge in [0.05, 0.1) is 23.9 Å². The van der Waals surface area contributed by atoms with E-state index in [1.165, 1.54) is 29.9 Å². The summed E-state index contributed by atoms with van der Waals surface area (Å²) in [6.45, 7) is 0.652. The Kier molecular flexibility index (Phi) is 4.41. The molecule has 0 unspecified atom stereocenters. The Morgan fingerprint density at radius 3 is 2.64 bits per heavy atom. The monoisotopic (exact) mass is 399 g/mol. The minimum Gasteiger partial charge on any atom is -0.497 e. The van der Waals surface area contributed by atoms with Gasteiger partial charge in [0, 0.05) is 31.7 Å². The number of fused-ring (bicyclic) bond motifs is 3. The molecule has 144 valence electrons. The van der Waals surface area contributed by atoms with E-state index in [2.05, 4.69) is 16.0 Å². The maximum Gasteiger partial charge on any atom is 0.275 e. The second kappa shape index (κ2) is 6.78. The summed E-state index contributed by atoms with van der Waals surface area (Å²) in [5, 5.41) is 9.56. The molecular formula is C18H17N5O4S. The number of rotatable bonds is 3. The zero-order valence-electron chi connectivity index (χ0n) is 15.0. The molecule has 0 saturated heterocycles. The number of nitrogens with zero attached hydrogens (tertiary/aromatic N) is 4. The normalized spacial score (nSPS) is 15.0. The van der Waals surface area contributed by atoms with E-state index in [0.717, 1.165) is 0 Å². The number of aromatic amines is 1. The number of hydrogen-bond acceptors (Lipinski definition) is 6. The predicted molar refractivity (Wildman–Crippen MR) is 101 cm³/mol. The molecule has 1 aliphatic rings. The Labute approximate surface area is 160 Å². The van der Waals surface area contributed by atoms with Gasteiger partial charge in [0.2, 0.25) is 10.0 Å². The molecule has 0 bridgehead atoms. The summed E-state index contributed by atoms with van der Waals surface area (Å²) < 4.78 is 34.2. The number of nitrogens with one attached hydrogen (secondary N) is 1. The molecule has 0 spiro atoms. The lowest BCUT2D eigenvalue weighted by atomic mass is 10.2. The van der Waals surface area contributed by atoms with Crippen LogP contribution in [-0.4, -0.2) is 47.5 Å². The van der Waals surface area contributed by atoms with E-state index in [-0.39, 0.29) is 30.1 Å². The quantitative estimate of drug-likeness (QED) is 0.697. The van der Waals surface area contributed by atoms with Crippen LogP contribution in [0, 0.1) is 11.3 Å². The van der Waals surface area contributed by atoms with Crippen LogP contribution in [0.2, 0.25) is 0 Å². The molecule has 1 N–H and O–H groups in total. The number of benzene rings is 1. The van der Waals surface area contributed by atoms with Crippen molar-refractivity contribution < 1.29 is 13.2 Å². The van der Waals surface area contributed by atoms with Crippen molar-refractivity contribution >= 4 is 21.1 Å². The highest BCUT2D eigenvalue weighted by atomic mass is 32.2. The van der Waals surface area contributed by atoms with Crippen LogP contribution in [0.15, 0.2) is 40.3 Å². The third-order valence-electron chi connectivity index (χ3n) is 4.93. The molecule has 4 rings (SSSR count). The predicted octanol–water partition coefficient (Wildman–Crippen LogP) is 0.852. The Hall–Kier alpha value is -3.16. The second-order valence-corrected chi connectivity index (χ2v) is 8.28. The highest BCUT2D eigenvalue weighted by molar-refractivity contribution is 7.89. The van der Waals surface area contributed by atoms with Crippen molar-refractivity contribution in [2.75, 3.05) is 20.2 Å². The van der Waals surface area contributed by atoms with Crippen molar-refractivity contribution in [3.8, 4) is 11.8 Å². The van der Waals surface area contributed by atoms with Gasteiger partial charge in [-0.05, 0) is 24.3 Å². The van der Waals surface area contributed by atoms with Gasteiger partial charge < -0.3 is 14.3 Å². The number of methoxy groups -OCH3 is 1. The average molecular weight is 399 g/mol. The molecule has 3 aromatic rings. The first-order chi connectivity index (χ1) is 13.5. The van der Waals surface area contributed by atoms with E-state index in [1.54, 1.807) is 16.7 Å². The fraction of sp³-hybridized carbons (Fsp3) is 0.278. The Morgan fingerprint density at radius 1 is 1.21 bits per heavy atom. The first kappa shape index (κ1) is 18.2. The third kappa shape index (κ3) is 2.76. The van der Waals surface area contributed by atoms with Crippen LogP contribution in [0.5, 0.6) is 5.75 Å². The number of sulfonamides is 1. The minimum absolute atomic E-state index is 0.171. The topological polar surface area (TPSA) is 121 Å². The van der Waals surface area contributed by atoms with Crippen molar-refractivity contribution in [1.29, 1.82) is 5.26 Å². The molecule has 9 nitrogen and oxygen atoms in total. The van der Waals surface area contributed by atoms with E-state index in [4.69, 9.17) is 4.74 Å². The zero-order valence-corrected chi connectivity index (χ0v) is 15.9. The zero-order chi connectivity index (χ0) is 19.9. The number of ether oxygens (including phenoxy) is 1. The van der Waals surface area contributed by atoms with Crippen LogP contribution in [0.1, 0.15) is 11.3 Å². The lowest BCUT2D eigenvalue weighted by Crippen LogP contribution is -2.33. The van der Waals surface area contributed by atoms with Crippen molar-refractivity contribution in [3.05, 3.63) is 52.2 Å². The summed E-state index contributed by atoms with van der Waals surface area (Å²) in [6.07, 6.45) is 1.58. The van der Waals surface area contributed by atoms with Gasteiger partial charge in [-0.3, -0.25) is 4.79 Å². The van der Waals surface area contributed by atoms with Crippen LogP contribution in [0.4, 0.5) is 0 Å². The van der Waals surface area contributed by atoms with Crippen LogP contribution < -0.4 is 10.3 Å². The van der Waals surface area contributed by atoms with Crippen LogP contribution in [-0.2, 0) is 23.0 Å². The van der Waals surface area contributed by atoms with Crippen LogP contribution in [0.25, 0.3) is 11.0 Å². The summed E-state index contributed by atoms with van der Waals surface area (Å²) in [4.78, 5) is 19.1. The van der Waals surface area contributed by atoms with Gasteiger partial charge in [-0.25, -0.2) is 13.4 Å². The van der Waals surface area contributed by atoms with Crippen molar-refractivity contribution in [1.82, 2.24) is 18.8 Å². The van der Waals surface area contributed by atoms with Crippen molar-refractivity contribution in [3.63, 3.8) is 0 Å². The van der Waals surface area contributed by atoms with E-state index in [1.807, 2.05) is 0 Å². The third-order valence-corrected chi connectivity index (χ3v) is 6.84. The smallest absolute Gasteiger partial charge is 0.275 e. The highest BCUT2D eigenvalue weighted by Crippen LogP contribution is 2.26. The van der Waals surface area contributed by atoms with Crippen LogP contribution >= 0.6 is 0 Å². The fourth-order valence-corrected chi connectivity index (χ4v) is 4.98. The molecule has 1 aromatic carbocycles. The van der Waals surface area contributed by atoms with Crippen molar-refractivity contribution in [2.24, 2.45) is 0 Å². The Balaban J connectivity index is 1.72. The van der Waals surface area contributed by atoms with Gasteiger partial charge in [-0.2, -0.15) is 9.57 Å². The molecule has 10 heteroatoms. The molecule has 0 amide bonds. The Morgan fingerprint density at radius 2 is 1.96 bits per heavy atom. The van der Waals surface area contributed by atoms with Crippen LogP contribution in [0.3, 0.4) is 0 Å². The van der Waals surface area contributed by atoms with Gasteiger partial charge in [0.15, 0.2) is 0 Å². The summed E-state index contributed by atoms with van der Waals surface area (Å²) in [5.74, 6) is 0.572. The average Bonchev–Trinajstić information content (AvgIpc) is 2.85. The van der Waals surface area contributed by atoms with Gasteiger partial charge in [-0.15, -0.1) is 0 Å². The highest BCUT2D eigenvalue weighted by Gasteiger charge is 2.30. The largest absolute Gasteiger partial charge is 0.497 e. The molecule has 0 radical (unpaired) electrons. The van der Waals surface area contributed by atoms with Gasteiger partial charge in [0.1, 0.15) is 22.9 Å². The maximum atomic E-state index is 13.0. The molecule has 0 atom stereocenters. The van der Waals surface area contributed by atoms with Gasteiger partial charge >= 0.3 is 0 Å². The second-order valence-electron chi connectivity index (χ2n) is 6.34. The molecule has 0 aliphatic carbocycles. The standard InChI is InChI=1S/C18H17N5O4S/c1-27-12-2-4-13(5-3-12)28(25,26)22-7-6-15-14(10-19)16-17(23(15)9-8-22)18(24)21-11-20-16/h2-5,11H,6-9H2,1H3,(H,20,21,24). The molecule has 0 fully saturated rings. The number of aromatic nitrogens is 3. The maximum absolute atomic E-state index is 13.0. The van der Waals surface area contributed by atoms with E-state index < -0.39 is 10.0 Å². The van der Waals surface area contributed by atoms with Gasteiger partial charge in [0.25, 0.3) is 5.56 Å². The number of H-pyrrole nitrogens is 1. The Bertz CT molecular complexity index is 1250. The first-order valence-electron chi connectivity index (χ1n) is 8.60. The van der Waals surface area contributed by atoms with E-state index in [9.17, 15) is 18.5 Å².